The van der Waals surface area contributed by atoms with Gasteiger partial charge >= 0.3 is 0 Å². The van der Waals surface area contributed by atoms with Gasteiger partial charge in [-0.15, -0.1) is 0 Å². The van der Waals surface area contributed by atoms with E-state index in [0.29, 0.717) is 22.3 Å². The molecule has 6 rings (SSSR count). The number of halogens is 1. The van der Waals surface area contributed by atoms with E-state index < -0.39 is 18.0 Å². The van der Waals surface area contributed by atoms with Crippen LogP contribution in [0.25, 0.3) is 55.4 Å². The zero-order valence-corrected chi connectivity index (χ0v) is 19.7. The fraction of sp³-hybridized carbons (Fsp3) is 0.0625. The Hall–Kier alpha value is -4.75. The van der Waals surface area contributed by atoms with E-state index in [2.05, 4.69) is 6.07 Å². The van der Waals surface area contributed by atoms with Crippen molar-refractivity contribution in [3.05, 3.63) is 114 Å². The highest BCUT2D eigenvalue weighted by molar-refractivity contribution is 6.13. The number of benzene rings is 4. The summed E-state index contributed by atoms with van der Waals surface area (Å²) in [6, 6.07) is 26.8. The van der Waals surface area contributed by atoms with Gasteiger partial charge in [-0.25, -0.2) is 4.39 Å². The predicted octanol–water partition coefficient (Wildman–Crippen LogP) is 7.73. The average Bonchev–Trinajstić information content (AvgIpc) is 3.34. The molecular formula is C32H22FN2O+. The maximum atomic E-state index is 14.4. The van der Waals surface area contributed by atoms with Gasteiger partial charge in [0.05, 0.1) is 19.9 Å². The molecule has 36 heavy (non-hydrogen) atoms. The molecule has 4 aromatic carbocycles. The first-order valence-corrected chi connectivity index (χ1v) is 11.5. The van der Waals surface area contributed by atoms with Crippen molar-refractivity contribution < 1.29 is 17.5 Å². The van der Waals surface area contributed by atoms with Gasteiger partial charge in [-0.1, -0.05) is 66.7 Å². The van der Waals surface area contributed by atoms with Crippen molar-refractivity contribution in [2.75, 3.05) is 0 Å². The van der Waals surface area contributed by atoms with Gasteiger partial charge in [-0.3, -0.25) is 0 Å². The van der Waals surface area contributed by atoms with Crippen LogP contribution in [0.3, 0.4) is 0 Å². The lowest BCUT2D eigenvalue weighted by Crippen LogP contribution is -2.31. The van der Waals surface area contributed by atoms with E-state index >= 15 is 0 Å². The zero-order valence-electron chi connectivity index (χ0n) is 22.7. The van der Waals surface area contributed by atoms with Crippen LogP contribution >= 0.6 is 0 Å². The Morgan fingerprint density at radius 1 is 0.861 bits per heavy atom. The third-order valence-electron chi connectivity index (χ3n) is 6.51. The fourth-order valence-electron chi connectivity index (χ4n) is 4.75. The topological polar surface area (TPSA) is 40.8 Å². The molecule has 3 nitrogen and oxygen atoms in total. The highest BCUT2D eigenvalue weighted by Gasteiger charge is 2.22. The first-order valence-electron chi connectivity index (χ1n) is 13.0. The summed E-state index contributed by atoms with van der Waals surface area (Å²) >= 11 is 0. The molecule has 0 saturated carbocycles. The predicted molar refractivity (Wildman–Crippen MR) is 141 cm³/mol. The van der Waals surface area contributed by atoms with Gasteiger partial charge in [0.1, 0.15) is 19.6 Å². The van der Waals surface area contributed by atoms with Crippen LogP contribution < -0.4 is 4.57 Å². The molecule has 0 spiro atoms. The van der Waals surface area contributed by atoms with Crippen LogP contribution in [0, 0.1) is 24.1 Å². The zero-order chi connectivity index (χ0) is 27.4. The summed E-state index contributed by atoms with van der Waals surface area (Å²) < 4.78 is 47.0. The average molecular weight is 473 g/mol. The second-order valence-corrected chi connectivity index (χ2v) is 8.78. The van der Waals surface area contributed by atoms with Crippen LogP contribution in [0.4, 0.5) is 4.39 Å². The van der Waals surface area contributed by atoms with Crippen LogP contribution in [-0.2, 0) is 7.05 Å². The van der Waals surface area contributed by atoms with E-state index in [1.165, 1.54) is 11.6 Å². The number of aromatic nitrogens is 1. The number of hydrogen-bond acceptors (Lipinski definition) is 2. The third kappa shape index (κ3) is 3.54. The van der Waals surface area contributed by atoms with E-state index in [1.54, 1.807) is 12.1 Å². The minimum absolute atomic E-state index is 0.225. The van der Waals surface area contributed by atoms with Gasteiger partial charge in [0, 0.05) is 22.4 Å². The Labute approximate surface area is 212 Å². The van der Waals surface area contributed by atoms with Crippen molar-refractivity contribution in [1.82, 2.24) is 0 Å². The third-order valence-corrected chi connectivity index (χ3v) is 6.51. The Morgan fingerprint density at radius 2 is 1.58 bits per heavy atom. The molecule has 2 aromatic heterocycles. The van der Waals surface area contributed by atoms with E-state index in [4.69, 9.17) is 8.53 Å². The Morgan fingerprint density at radius 3 is 2.33 bits per heavy atom. The first kappa shape index (κ1) is 18.6. The van der Waals surface area contributed by atoms with E-state index in [-0.39, 0.29) is 11.7 Å². The summed E-state index contributed by atoms with van der Waals surface area (Å²) in [5, 5.41) is 11.3. The normalized spacial score (nSPS) is 12.3. The van der Waals surface area contributed by atoms with E-state index in [0.717, 1.165) is 38.6 Å². The minimum atomic E-state index is -1.04. The Kier molecular flexibility index (Phi) is 4.37. The standard InChI is InChI=1S/C32H22FN2O/c1-20-8-14-26-28-17-21(18-34)16-27(24-11-9-23(10-12-24)22-6-4-3-5-7-22)31(28)36-32(26)30(20)29-15-13-25(33)19-35(29)2/h3-17,19H,1-2H3/q+1/i13D,15D,19D. The van der Waals surface area contributed by atoms with Crippen LogP contribution in [-0.4, -0.2) is 0 Å². The van der Waals surface area contributed by atoms with Gasteiger partial charge in [0.15, 0.2) is 5.82 Å². The van der Waals surface area contributed by atoms with Crippen molar-refractivity contribution in [1.29, 1.82) is 5.26 Å². The Bertz CT molecular complexity index is 1950. The quantitative estimate of drug-likeness (QED) is 0.247. The molecule has 172 valence electrons. The van der Waals surface area contributed by atoms with Gasteiger partial charge in [0.2, 0.25) is 11.9 Å². The maximum Gasteiger partial charge on any atom is 0.216 e. The molecule has 0 saturated heterocycles. The number of rotatable bonds is 3. The molecule has 0 amide bonds. The molecule has 0 bridgehead atoms. The number of furan rings is 1. The molecule has 2 heterocycles. The van der Waals surface area contributed by atoms with E-state index in [1.807, 2.05) is 73.7 Å². The van der Waals surface area contributed by atoms with Crippen LogP contribution in [0.15, 0.2) is 102 Å². The number of nitrogens with zero attached hydrogens (tertiary/aromatic N) is 2. The number of hydrogen-bond donors (Lipinski definition) is 0. The highest BCUT2D eigenvalue weighted by atomic mass is 19.1. The maximum absolute atomic E-state index is 14.4. The number of nitriles is 1. The molecule has 6 aromatic rings. The molecule has 0 aliphatic heterocycles. The minimum Gasteiger partial charge on any atom is -0.454 e. The molecule has 0 aliphatic rings. The summed E-state index contributed by atoms with van der Waals surface area (Å²) in [4.78, 5) is 0. The second-order valence-electron chi connectivity index (χ2n) is 8.78. The Balaban J connectivity index is 1.64. The molecule has 0 unspecified atom stereocenters. The first-order chi connectivity index (χ1) is 18.8. The number of fused-ring (bicyclic) bond motifs is 3. The summed E-state index contributed by atoms with van der Waals surface area (Å²) in [5.74, 6) is -1.04. The largest absolute Gasteiger partial charge is 0.454 e. The lowest BCUT2D eigenvalue weighted by molar-refractivity contribution is -0.661. The summed E-state index contributed by atoms with van der Waals surface area (Å²) in [6.45, 7) is 1.85. The van der Waals surface area contributed by atoms with Crippen molar-refractivity contribution in [3.8, 4) is 39.6 Å². The van der Waals surface area contributed by atoms with Gasteiger partial charge in [0.25, 0.3) is 0 Å². The van der Waals surface area contributed by atoms with Crippen LogP contribution in [0.2, 0.25) is 0 Å². The smallest absolute Gasteiger partial charge is 0.216 e. The number of aryl methyl sites for hydroxylation is 1. The molecule has 0 N–H and O–H groups in total. The summed E-state index contributed by atoms with van der Waals surface area (Å²) in [6.07, 6.45) is -0.482. The van der Waals surface area contributed by atoms with Crippen LogP contribution in [0.5, 0.6) is 0 Å². The summed E-state index contributed by atoms with van der Waals surface area (Å²) in [7, 11) is 1.51. The molecular weight excluding hydrogens is 447 g/mol. The van der Waals surface area contributed by atoms with Crippen molar-refractivity contribution in [2.45, 2.75) is 6.92 Å². The summed E-state index contributed by atoms with van der Waals surface area (Å²) in [5.41, 5.74) is 6.81. The molecule has 0 aliphatic carbocycles. The van der Waals surface area contributed by atoms with Crippen molar-refractivity contribution in [3.63, 3.8) is 0 Å². The fourth-order valence-corrected chi connectivity index (χ4v) is 4.75. The van der Waals surface area contributed by atoms with Crippen molar-refractivity contribution >= 4 is 21.9 Å². The van der Waals surface area contributed by atoms with Gasteiger partial charge in [-0.05, 0) is 47.4 Å². The molecule has 0 fully saturated rings. The van der Waals surface area contributed by atoms with Gasteiger partial charge in [-0.2, -0.15) is 9.83 Å². The number of pyridine rings is 1. The lowest BCUT2D eigenvalue weighted by Gasteiger charge is -2.06. The monoisotopic (exact) mass is 472 g/mol. The SMILES string of the molecule is [2H]c1c([2H])c(-c2c(C)ccc3c2oc2c(-c4ccc(-c5ccccc5)cc4)cc(C#N)cc23)[n+](C)c([2H])c1F. The molecule has 0 atom stereocenters. The van der Waals surface area contributed by atoms with Crippen molar-refractivity contribution in [2.24, 2.45) is 7.05 Å². The second kappa shape index (κ2) is 8.48. The van der Waals surface area contributed by atoms with Gasteiger partial charge < -0.3 is 4.42 Å². The lowest BCUT2D eigenvalue weighted by atomic mass is 9.96. The molecule has 4 heteroatoms. The molecule has 0 radical (unpaired) electrons. The van der Waals surface area contributed by atoms with Crippen LogP contribution in [0.1, 0.15) is 15.2 Å². The highest BCUT2D eigenvalue weighted by Crippen LogP contribution is 2.41. The van der Waals surface area contributed by atoms with E-state index in [9.17, 15) is 9.65 Å².